The monoisotopic (exact) mass is 451 g/mol. The highest BCUT2D eigenvalue weighted by Crippen LogP contribution is 2.45. The zero-order valence-electron chi connectivity index (χ0n) is 20.1. The van der Waals surface area contributed by atoms with E-state index in [0.29, 0.717) is 12.0 Å². The molecule has 0 radical (unpaired) electrons. The molecule has 1 aliphatic rings. The van der Waals surface area contributed by atoms with Gasteiger partial charge in [0.1, 0.15) is 11.7 Å². The van der Waals surface area contributed by atoms with E-state index < -0.39 is 5.82 Å². The van der Waals surface area contributed by atoms with E-state index in [0.717, 1.165) is 12.0 Å². The van der Waals surface area contributed by atoms with Crippen LogP contribution in [0.4, 0.5) is 4.39 Å². The first-order valence-electron chi connectivity index (χ1n) is 11.6. The first-order chi connectivity index (χ1) is 15.6. The lowest BCUT2D eigenvalue weighted by Crippen LogP contribution is -2.54. The van der Waals surface area contributed by atoms with Gasteiger partial charge in [-0.2, -0.15) is 0 Å². The molecule has 2 aromatic carbocycles. The highest BCUT2D eigenvalue weighted by atomic mass is 19.1. The summed E-state index contributed by atoms with van der Waals surface area (Å²) < 4.78 is 14.4. The van der Waals surface area contributed by atoms with E-state index in [2.05, 4.69) is 26.1 Å². The van der Waals surface area contributed by atoms with Crippen LogP contribution in [0.5, 0.6) is 0 Å². The SMILES string of the molecule is CCC1C(=N)N(Cc2cc(F)cc(C(=O)N[C@@H](C)c3ccccc3)c2)C(=O)C[C@@]1(C)C(C)C. The largest absolute Gasteiger partial charge is 0.346 e. The summed E-state index contributed by atoms with van der Waals surface area (Å²) in [6, 6.07) is 13.4. The van der Waals surface area contributed by atoms with Gasteiger partial charge in [-0.15, -0.1) is 0 Å². The molecule has 2 N–H and O–H groups in total. The average Bonchev–Trinajstić information content (AvgIpc) is 2.77. The van der Waals surface area contributed by atoms with Gasteiger partial charge < -0.3 is 5.32 Å². The minimum Gasteiger partial charge on any atom is -0.346 e. The van der Waals surface area contributed by atoms with E-state index in [-0.39, 0.29) is 53.1 Å². The molecule has 2 aromatic rings. The Morgan fingerprint density at radius 2 is 1.88 bits per heavy atom. The molecule has 3 rings (SSSR count). The number of nitrogens with one attached hydrogen (secondary N) is 2. The van der Waals surface area contributed by atoms with Crippen molar-refractivity contribution in [2.24, 2.45) is 17.3 Å². The molecule has 3 atom stereocenters. The Balaban J connectivity index is 1.80. The van der Waals surface area contributed by atoms with Crippen molar-refractivity contribution in [1.29, 1.82) is 5.41 Å². The molecule has 33 heavy (non-hydrogen) atoms. The molecule has 0 saturated carbocycles. The molecule has 2 amide bonds. The van der Waals surface area contributed by atoms with Crippen molar-refractivity contribution in [1.82, 2.24) is 10.2 Å². The highest BCUT2D eigenvalue weighted by Gasteiger charge is 2.47. The fourth-order valence-corrected chi connectivity index (χ4v) is 4.78. The molecule has 1 heterocycles. The first kappa shape index (κ1) is 24.6. The van der Waals surface area contributed by atoms with Crippen LogP contribution in [-0.4, -0.2) is 22.5 Å². The van der Waals surface area contributed by atoms with Gasteiger partial charge in [0, 0.05) is 17.9 Å². The van der Waals surface area contributed by atoms with Crippen LogP contribution in [0.25, 0.3) is 0 Å². The van der Waals surface area contributed by atoms with Crippen molar-refractivity contribution >= 4 is 17.6 Å². The number of carbonyl (C=O) groups is 2. The molecule has 0 spiro atoms. The van der Waals surface area contributed by atoms with Gasteiger partial charge in [-0.25, -0.2) is 4.39 Å². The predicted octanol–water partition coefficient (Wildman–Crippen LogP) is 5.71. The number of rotatable bonds is 7. The summed E-state index contributed by atoms with van der Waals surface area (Å²) in [4.78, 5) is 27.3. The Morgan fingerprint density at radius 1 is 1.21 bits per heavy atom. The number of nitrogens with zero attached hydrogens (tertiary/aromatic N) is 1. The second kappa shape index (κ2) is 9.86. The van der Waals surface area contributed by atoms with E-state index in [1.807, 2.05) is 44.2 Å². The van der Waals surface area contributed by atoms with Crippen molar-refractivity contribution in [3.8, 4) is 0 Å². The fraction of sp³-hybridized carbons (Fsp3) is 0.444. The summed E-state index contributed by atoms with van der Waals surface area (Å²) in [5, 5.41) is 11.6. The molecule has 6 heteroatoms. The zero-order chi connectivity index (χ0) is 24.3. The molecular formula is C27H34FN3O2. The minimum absolute atomic E-state index is 0.0572. The summed E-state index contributed by atoms with van der Waals surface area (Å²) in [6.45, 7) is 10.2. The Labute approximate surface area is 195 Å². The van der Waals surface area contributed by atoms with Crippen molar-refractivity contribution < 1.29 is 14.0 Å². The van der Waals surface area contributed by atoms with Crippen LogP contribution in [0.1, 0.15) is 75.0 Å². The van der Waals surface area contributed by atoms with E-state index in [9.17, 15) is 14.0 Å². The summed E-state index contributed by atoms with van der Waals surface area (Å²) >= 11 is 0. The standard InChI is InChI=1S/C27H34FN3O2/c1-6-23-25(29)31(24(32)15-27(23,5)17(2)3)16-19-12-21(14-22(28)13-19)26(33)30-18(4)20-10-8-7-9-11-20/h7-14,17-18,23,29H,6,15-16H2,1-5H3,(H,30,33)/t18-,23?,27-/m0/s1. The molecule has 0 bridgehead atoms. The van der Waals surface area contributed by atoms with Crippen molar-refractivity contribution in [2.75, 3.05) is 0 Å². The van der Waals surface area contributed by atoms with Crippen LogP contribution in [0.15, 0.2) is 48.5 Å². The van der Waals surface area contributed by atoms with Gasteiger partial charge in [-0.1, -0.05) is 58.0 Å². The van der Waals surface area contributed by atoms with Gasteiger partial charge in [0.05, 0.1) is 12.6 Å². The van der Waals surface area contributed by atoms with Gasteiger partial charge in [0.2, 0.25) is 5.91 Å². The molecule has 1 aliphatic heterocycles. The van der Waals surface area contributed by atoms with Crippen molar-refractivity contribution in [2.45, 2.75) is 60.0 Å². The molecule has 176 valence electrons. The smallest absolute Gasteiger partial charge is 0.251 e. The topological polar surface area (TPSA) is 73.3 Å². The van der Waals surface area contributed by atoms with Crippen molar-refractivity contribution in [3.05, 3.63) is 71.0 Å². The maximum absolute atomic E-state index is 14.4. The summed E-state index contributed by atoms with van der Waals surface area (Å²) in [5.74, 6) is -0.582. The number of carbonyl (C=O) groups excluding carboxylic acids is 2. The van der Waals surface area contributed by atoms with Gasteiger partial charge in [0.25, 0.3) is 5.91 Å². The zero-order valence-corrected chi connectivity index (χ0v) is 20.1. The van der Waals surface area contributed by atoms with E-state index in [4.69, 9.17) is 5.41 Å². The van der Waals surface area contributed by atoms with E-state index >= 15 is 0 Å². The van der Waals surface area contributed by atoms with E-state index in [1.165, 1.54) is 17.0 Å². The normalized spacial score (nSPS) is 21.9. The molecule has 0 aromatic heterocycles. The second-order valence-electron chi connectivity index (χ2n) is 9.62. The second-order valence-corrected chi connectivity index (χ2v) is 9.62. The van der Waals surface area contributed by atoms with Crippen LogP contribution in [-0.2, 0) is 11.3 Å². The lowest BCUT2D eigenvalue weighted by Gasteiger charge is -2.48. The third-order valence-corrected chi connectivity index (χ3v) is 7.18. The minimum atomic E-state index is -0.542. The molecule has 1 fully saturated rings. The number of hydrogen-bond acceptors (Lipinski definition) is 3. The summed E-state index contributed by atoms with van der Waals surface area (Å²) in [5.41, 5.74) is 1.37. The lowest BCUT2D eigenvalue weighted by molar-refractivity contribution is -0.134. The van der Waals surface area contributed by atoms with E-state index in [1.54, 1.807) is 6.07 Å². The number of halogens is 1. The number of amidine groups is 1. The number of likely N-dealkylation sites (tertiary alicyclic amines) is 1. The number of benzene rings is 2. The van der Waals surface area contributed by atoms with Gasteiger partial charge in [-0.05, 0) is 54.0 Å². The third kappa shape index (κ3) is 5.15. The highest BCUT2D eigenvalue weighted by molar-refractivity contribution is 6.01. The molecule has 1 saturated heterocycles. The van der Waals surface area contributed by atoms with Crippen LogP contribution in [0.3, 0.4) is 0 Å². The fourth-order valence-electron chi connectivity index (χ4n) is 4.78. The van der Waals surface area contributed by atoms with Gasteiger partial charge >= 0.3 is 0 Å². The number of piperidine rings is 1. The maximum atomic E-state index is 14.4. The number of hydrogen-bond donors (Lipinski definition) is 2. The molecule has 1 unspecified atom stereocenters. The van der Waals surface area contributed by atoms with Crippen LogP contribution in [0, 0.1) is 28.5 Å². The Morgan fingerprint density at radius 3 is 2.48 bits per heavy atom. The molecule has 5 nitrogen and oxygen atoms in total. The maximum Gasteiger partial charge on any atom is 0.251 e. The Hall–Kier alpha value is -3.02. The Bertz CT molecular complexity index is 1040. The molecule has 0 aliphatic carbocycles. The third-order valence-electron chi connectivity index (χ3n) is 7.18. The quantitative estimate of drug-likeness (QED) is 0.565. The number of amides is 2. The van der Waals surface area contributed by atoms with Gasteiger partial charge in [0.15, 0.2) is 0 Å². The lowest BCUT2D eigenvalue weighted by atomic mass is 9.63. The summed E-state index contributed by atoms with van der Waals surface area (Å²) in [7, 11) is 0. The molecular weight excluding hydrogens is 417 g/mol. The Kier molecular flexibility index (Phi) is 7.35. The first-order valence-corrected chi connectivity index (χ1v) is 11.6. The van der Waals surface area contributed by atoms with Crippen LogP contribution < -0.4 is 5.32 Å². The van der Waals surface area contributed by atoms with Crippen LogP contribution >= 0.6 is 0 Å². The van der Waals surface area contributed by atoms with Crippen LogP contribution in [0.2, 0.25) is 0 Å². The van der Waals surface area contributed by atoms with Gasteiger partial charge in [-0.3, -0.25) is 19.9 Å². The van der Waals surface area contributed by atoms with Crippen molar-refractivity contribution in [3.63, 3.8) is 0 Å². The average molecular weight is 452 g/mol. The predicted molar refractivity (Wildman–Crippen MR) is 128 cm³/mol. The summed E-state index contributed by atoms with van der Waals surface area (Å²) in [6.07, 6.45) is 1.11.